The number of ether oxygens (including phenoxy) is 1. The fourth-order valence-electron chi connectivity index (χ4n) is 4.44. The maximum absolute atomic E-state index is 12.5. The van der Waals surface area contributed by atoms with E-state index in [0.717, 1.165) is 35.6 Å². The van der Waals surface area contributed by atoms with E-state index in [4.69, 9.17) is 27.9 Å². The van der Waals surface area contributed by atoms with Crippen molar-refractivity contribution in [1.82, 2.24) is 0 Å². The summed E-state index contributed by atoms with van der Waals surface area (Å²) in [6.45, 7) is 10.5. The molecule has 0 aliphatic carbocycles. The monoisotopic (exact) mass is 473 g/mol. The number of benzene rings is 2. The van der Waals surface area contributed by atoms with E-state index in [-0.39, 0.29) is 12.4 Å². The second kappa shape index (κ2) is 10.1. The third kappa shape index (κ3) is 4.72. The lowest BCUT2D eigenvalue weighted by atomic mass is 9.76. The Balaban J connectivity index is 1.99. The number of hydrogen-bond donors (Lipinski definition) is 0. The average Bonchev–Trinajstić information content (AvgIpc) is 2.95. The predicted octanol–water partition coefficient (Wildman–Crippen LogP) is 6.49. The summed E-state index contributed by atoms with van der Waals surface area (Å²) in [4.78, 5) is 14.8. The second-order valence-corrected chi connectivity index (χ2v) is 8.95. The molecule has 1 unspecified atom stereocenters. The summed E-state index contributed by atoms with van der Waals surface area (Å²) in [6.07, 6.45) is 4.38. The number of fused-ring (bicyclic) bond motifs is 1. The number of carbonyl (C=O) groups excluding carboxylic acids is 1. The van der Waals surface area contributed by atoms with Crippen LogP contribution < -0.4 is 4.90 Å². The van der Waals surface area contributed by atoms with E-state index in [1.807, 2.05) is 26.1 Å². The number of hydrogen-bond acceptors (Lipinski definition) is 3. The van der Waals surface area contributed by atoms with Gasteiger partial charge < -0.3 is 9.64 Å². The Kier molecular flexibility index (Phi) is 7.68. The molecule has 1 aliphatic heterocycles. The van der Waals surface area contributed by atoms with Gasteiger partial charge in [0.1, 0.15) is 7.05 Å². The molecule has 0 N–H and O–H groups in total. The number of anilines is 1. The Morgan fingerprint density at radius 3 is 2.28 bits per heavy atom. The fourth-order valence-corrected chi connectivity index (χ4v) is 4.76. The first-order valence-electron chi connectivity index (χ1n) is 11.0. The van der Waals surface area contributed by atoms with Crippen LogP contribution in [0.3, 0.4) is 0 Å². The Bertz CT molecular complexity index is 1060. The average molecular weight is 474 g/mol. The molecule has 0 bridgehead atoms. The summed E-state index contributed by atoms with van der Waals surface area (Å²) in [5, 5.41) is 0.971. The molecular formula is C26H31Cl2N2O2+. The Hall–Kier alpha value is -2.30. The first kappa shape index (κ1) is 24.3. The number of allylic oxidation sites excluding steroid dienone is 1. The first-order valence-corrected chi connectivity index (χ1v) is 11.8. The van der Waals surface area contributed by atoms with Gasteiger partial charge >= 0.3 is 5.97 Å². The molecule has 4 nitrogen and oxygen atoms in total. The summed E-state index contributed by atoms with van der Waals surface area (Å²) in [5.41, 5.74) is 4.63. The highest BCUT2D eigenvalue weighted by atomic mass is 35.5. The molecule has 0 fully saturated rings. The minimum Gasteiger partial charge on any atom is -0.466 e. The van der Waals surface area contributed by atoms with Crippen LogP contribution in [0.1, 0.15) is 45.2 Å². The van der Waals surface area contributed by atoms with Crippen molar-refractivity contribution in [3.8, 4) is 0 Å². The molecule has 1 aliphatic rings. The lowest BCUT2D eigenvalue weighted by Gasteiger charge is -2.22. The fraction of sp³-hybridized carbons (Fsp3) is 0.385. The van der Waals surface area contributed by atoms with Crippen LogP contribution in [0, 0.1) is 0 Å². The number of esters is 1. The van der Waals surface area contributed by atoms with Gasteiger partial charge in [-0.2, -0.15) is 4.58 Å². The Morgan fingerprint density at radius 2 is 1.69 bits per heavy atom. The third-order valence-electron chi connectivity index (χ3n) is 6.18. The SMILES string of the molecule is CCOC(=O)CC1(C)C(C=Cc2ccc(N(CC)CC)cc2)=[N+](C)c2cc(Cl)c(Cl)cc21. The molecule has 0 amide bonds. The summed E-state index contributed by atoms with van der Waals surface area (Å²) in [5.74, 6) is -0.239. The largest absolute Gasteiger partial charge is 0.466 e. The zero-order chi connectivity index (χ0) is 23.5. The Labute approximate surface area is 201 Å². The topological polar surface area (TPSA) is 32.5 Å². The molecule has 3 rings (SSSR count). The highest BCUT2D eigenvalue weighted by molar-refractivity contribution is 6.42. The van der Waals surface area contributed by atoms with Gasteiger partial charge in [-0.15, -0.1) is 0 Å². The summed E-state index contributed by atoms with van der Waals surface area (Å²) >= 11 is 12.7. The van der Waals surface area contributed by atoms with Gasteiger partial charge in [0.05, 0.1) is 28.5 Å². The van der Waals surface area contributed by atoms with Crippen molar-refractivity contribution in [2.24, 2.45) is 0 Å². The van der Waals surface area contributed by atoms with Crippen LogP contribution in [-0.2, 0) is 14.9 Å². The maximum Gasteiger partial charge on any atom is 0.307 e. The molecule has 32 heavy (non-hydrogen) atoms. The minimum atomic E-state index is -0.581. The zero-order valence-corrected chi connectivity index (χ0v) is 20.9. The van der Waals surface area contributed by atoms with Crippen molar-refractivity contribution >= 4 is 52.3 Å². The van der Waals surface area contributed by atoms with Crippen molar-refractivity contribution in [1.29, 1.82) is 0 Å². The third-order valence-corrected chi connectivity index (χ3v) is 6.90. The smallest absolute Gasteiger partial charge is 0.307 e. The molecule has 170 valence electrons. The van der Waals surface area contributed by atoms with Crippen LogP contribution in [-0.4, -0.2) is 43.0 Å². The maximum atomic E-state index is 12.5. The van der Waals surface area contributed by atoms with Crippen LogP contribution in [0.25, 0.3) is 6.08 Å². The molecule has 1 atom stereocenters. The van der Waals surface area contributed by atoms with Gasteiger partial charge in [0.25, 0.3) is 0 Å². The second-order valence-electron chi connectivity index (χ2n) is 8.14. The van der Waals surface area contributed by atoms with Crippen molar-refractivity contribution in [2.45, 2.75) is 39.5 Å². The lowest BCUT2D eigenvalue weighted by molar-refractivity contribution is -0.401. The van der Waals surface area contributed by atoms with Crippen molar-refractivity contribution < 1.29 is 14.1 Å². The molecule has 0 saturated carbocycles. The van der Waals surface area contributed by atoms with E-state index in [9.17, 15) is 4.79 Å². The van der Waals surface area contributed by atoms with E-state index in [2.05, 4.69) is 66.7 Å². The Morgan fingerprint density at radius 1 is 1.06 bits per heavy atom. The van der Waals surface area contributed by atoms with Gasteiger partial charge in [-0.1, -0.05) is 35.3 Å². The number of nitrogens with zero attached hydrogens (tertiary/aromatic N) is 2. The van der Waals surface area contributed by atoms with E-state index >= 15 is 0 Å². The summed E-state index contributed by atoms with van der Waals surface area (Å²) in [7, 11) is 1.99. The molecule has 1 heterocycles. The predicted molar refractivity (Wildman–Crippen MR) is 135 cm³/mol. The lowest BCUT2D eigenvalue weighted by Crippen LogP contribution is -2.34. The normalized spacial score (nSPS) is 17.7. The van der Waals surface area contributed by atoms with Crippen LogP contribution >= 0.6 is 23.2 Å². The standard InChI is InChI=1S/C26H31Cl2N2O2/c1-6-30(7-2)19-12-9-18(10-13-19)11-14-24-26(4,17-25(31)32-8-3)20-15-21(27)22(28)16-23(20)29(24)5/h9-16H,6-8,17H2,1-5H3/q+1. The quantitative estimate of drug-likeness (QED) is 0.324. The number of rotatable bonds is 8. The molecule has 2 aromatic carbocycles. The summed E-state index contributed by atoms with van der Waals surface area (Å²) < 4.78 is 7.36. The van der Waals surface area contributed by atoms with Gasteiger partial charge in [-0.05, 0) is 57.5 Å². The summed E-state index contributed by atoms with van der Waals surface area (Å²) in [6, 6.07) is 12.2. The van der Waals surface area contributed by atoms with E-state index in [0.29, 0.717) is 16.7 Å². The van der Waals surface area contributed by atoms with E-state index < -0.39 is 5.41 Å². The minimum absolute atomic E-state index is 0.219. The molecule has 0 spiro atoms. The van der Waals surface area contributed by atoms with Gasteiger partial charge in [-0.3, -0.25) is 4.79 Å². The molecular weight excluding hydrogens is 443 g/mol. The number of carbonyl (C=O) groups is 1. The number of halogens is 2. The molecule has 0 saturated heterocycles. The molecule has 0 aromatic heterocycles. The highest BCUT2D eigenvalue weighted by Gasteiger charge is 2.48. The first-order chi connectivity index (χ1) is 15.2. The zero-order valence-electron chi connectivity index (χ0n) is 19.4. The molecule has 0 radical (unpaired) electrons. The van der Waals surface area contributed by atoms with E-state index in [1.165, 1.54) is 5.69 Å². The molecule has 6 heteroatoms. The van der Waals surface area contributed by atoms with Crippen LogP contribution in [0.2, 0.25) is 10.0 Å². The van der Waals surface area contributed by atoms with Crippen molar-refractivity contribution in [2.75, 3.05) is 31.6 Å². The van der Waals surface area contributed by atoms with Gasteiger partial charge in [0.2, 0.25) is 5.69 Å². The van der Waals surface area contributed by atoms with Crippen LogP contribution in [0.15, 0.2) is 42.5 Å². The van der Waals surface area contributed by atoms with Gasteiger partial charge in [-0.25, -0.2) is 0 Å². The molecule has 2 aromatic rings. The van der Waals surface area contributed by atoms with Gasteiger partial charge in [0.15, 0.2) is 5.71 Å². The van der Waals surface area contributed by atoms with Crippen molar-refractivity contribution in [3.63, 3.8) is 0 Å². The van der Waals surface area contributed by atoms with Crippen molar-refractivity contribution in [3.05, 3.63) is 63.6 Å². The van der Waals surface area contributed by atoms with Crippen LogP contribution in [0.5, 0.6) is 0 Å². The van der Waals surface area contributed by atoms with Crippen LogP contribution in [0.4, 0.5) is 11.4 Å². The van der Waals surface area contributed by atoms with Gasteiger partial charge in [0, 0.05) is 36.5 Å². The van der Waals surface area contributed by atoms with E-state index in [1.54, 1.807) is 0 Å². The highest BCUT2D eigenvalue weighted by Crippen LogP contribution is 2.45.